The van der Waals surface area contributed by atoms with Crippen LogP contribution >= 0.6 is 0 Å². The third-order valence-electron chi connectivity index (χ3n) is 2.81. The summed E-state index contributed by atoms with van der Waals surface area (Å²) in [7, 11) is 3.18. The van der Waals surface area contributed by atoms with Crippen molar-refractivity contribution in [3.63, 3.8) is 0 Å². The highest BCUT2D eigenvalue weighted by Gasteiger charge is 2.22. The van der Waals surface area contributed by atoms with Crippen LogP contribution in [0.25, 0.3) is 0 Å². The summed E-state index contributed by atoms with van der Waals surface area (Å²) in [6.07, 6.45) is 0. The van der Waals surface area contributed by atoms with Gasteiger partial charge in [0, 0.05) is 7.05 Å². The summed E-state index contributed by atoms with van der Waals surface area (Å²) < 4.78 is 5.32. The fourth-order valence-electron chi connectivity index (χ4n) is 1.89. The van der Waals surface area contributed by atoms with Crippen molar-refractivity contribution >= 4 is 11.6 Å². The van der Waals surface area contributed by atoms with E-state index >= 15 is 0 Å². The Morgan fingerprint density at radius 1 is 1.50 bits per heavy atom. The first-order valence-corrected chi connectivity index (χ1v) is 5.71. The molecule has 0 radical (unpaired) electrons. The molecule has 18 heavy (non-hydrogen) atoms. The van der Waals surface area contributed by atoms with Gasteiger partial charge < -0.3 is 20.5 Å². The lowest BCUT2D eigenvalue weighted by Gasteiger charge is -2.24. The Hall–Kier alpha value is -1.59. The van der Waals surface area contributed by atoms with E-state index in [1.807, 2.05) is 26.0 Å². The number of likely N-dealkylation sites (N-methyl/N-ethyl adjacent to an activating group) is 1. The molecule has 1 amide bonds. The first-order valence-electron chi connectivity index (χ1n) is 5.71. The molecule has 0 aliphatic rings. The van der Waals surface area contributed by atoms with E-state index in [9.17, 15) is 4.79 Å². The van der Waals surface area contributed by atoms with E-state index < -0.39 is 6.04 Å². The molecule has 0 heterocycles. The number of hydrogen-bond donors (Lipinski definition) is 2. The number of carbonyl (C=O) groups is 1. The summed E-state index contributed by atoms with van der Waals surface area (Å²) in [4.78, 5) is 13.4. The van der Waals surface area contributed by atoms with Crippen molar-refractivity contribution in [2.75, 3.05) is 25.7 Å². The van der Waals surface area contributed by atoms with Crippen molar-refractivity contribution in [1.82, 2.24) is 0 Å². The van der Waals surface area contributed by atoms with E-state index in [0.717, 1.165) is 11.1 Å². The van der Waals surface area contributed by atoms with Gasteiger partial charge in [0.15, 0.2) is 0 Å². The molecule has 0 aliphatic carbocycles. The molecule has 0 saturated heterocycles. The molecule has 0 aliphatic heterocycles. The van der Waals surface area contributed by atoms with Crippen LogP contribution in [0.15, 0.2) is 12.1 Å². The van der Waals surface area contributed by atoms with Gasteiger partial charge in [-0.3, -0.25) is 4.79 Å². The Morgan fingerprint density at radius 3 is 2.61 bits per heavy atom. The van der Waals surface area contributed by atoms with Crippen molar-refractivity contribution in [3.05, 3.63) is 23.3 Å². The molecular formula is C13H20N2O3. The fourth-order valence-corrected chi connectivity index (χ4v) is 1.89. The van der Waals surface area contributed by atoms with Gasteiger partial charge in [-0.15, -0.1) is 0 Å². The quantitative estimate of drug-likeness (QED) is 0.822. The van der Waals surface area contributed by atoms with Crippen LogP contribution in [0, 0.1) is 13.8 Å². The van der Waals surface area contributed by atoms with Gasteiger partial charge in [-0.1, -0.05) is 6.07 Å². The van der Waals surface area contributed by atoms with Crippen molar-refractivity contribution in [3.8, 4) is 5.75 Å². The van der Waals surface area contributed by atoms with Crippen molar-refractivity contribution in [1.29, 1.82) is 0 Å². The molecule has 5 nitrogen and oxygen atoms in total. The number of aliphatic hydroxyl groups is 1. The SMILES string of the molecule is COc1c(C)cc(C)cc1N(C)C(=O)C(N)CO. The molecule has 5 heteroatoms. The molecule has 1 atom stereocenters. The fraction of sp³-hybridized carbons (Fsp3) is 0.462. The van der Waals surface area contributed by atoms with Crippen LogP contribution < -0.4 is 15.4 Å². The summed E-state index contributed by atoms with van der Waals surface area (Å²) in [6, 6.07) is 2.92. The van der Waals surface area contributed by atoms with Crippen molar-refractivity contribution in [2.45, 2.75) is 19.9 Å². The lowest BCUT2D eigenvalue weighted by atomic mass is 10.1. The van der Waals surface area contributed by atoms with Crippen LogP contribution in [0.3, 0.4) is 0 Å². The minimum atomic E-state index is -0.916. The number of nitrogens with zero attached hydrogens (tertiary/aromatic N) is 1. The lowest BCUT2D eigenvalue weighted by molar-refractivity contribution is -0.120. The van der Waals surface area contributed by atoms with E-state index in [4.69, 9.17) is 15.6 Å². The van der Waals surface area contributed by atoms with Crippen LogP contribution in [-0.4, -0.2) is 37.8 Å². The number of hydrogen-bond acceptors (Lipinski definition) is 4. The predicted molar refractivity (Wildman–Crippen MR) is 70.9 cm³/mol. The summed E-state index contributed by atoms with van der Waals surface area (Å²) >= 11 is 0. The molecule has 0 bridgehead atoms. The zero-order valence-electron chi connectivity index (χ0n) is 11.2. The molecular weight excluding hydrogens is 232 g/mol. The Balaban J connectivity index is 3.19. The molecule has 1 aromatic rings. The standard InChI is InChI=1S/C13H20N2O3/c1-8-5-9(2)12(18-4)11(6-8)15(3)13(17)10(14)7-16/h5-6,10,16H,7,14H2,1-4H3. The number of benzene rings is 1. The van der Waals surface area contributed by atoms with Gasteiger partial charge in [-0.25, -0.2) is 0 Å². The van der Waals surface area contributed by atoms with Gasteiger partial charge in [0.05, 0.1) is 19.4 Å². The summed E-state index contributed by atoms with van der Waals surface area (Å²) in [6.45, 7) is 3.48. The van der Waals surface area contributed by atoms with Gasteiger partial charge in [0.1, 0.15) is 11.8 Å². The summed E-state index contributed by atoms with van der Waals surface area (Å²) in [5.74, 6) is 0.294. The number of amides is 1. The van der Waals surface area contributed by atoms with E-state index in [0.29, 0.717) is 11.4 Å². The maximum Gasteiger partial charge on any atom is 0.246 e. The van der Waals surface area contributed by atoms with E-state index in [-0.39, 0.29) is 12.5 Å². The van der Waals surface area contributed by atoms with Crippen LogP contribution in [0.4, 0.5) is 5.69 Å². The number of rotatable bonds is 4. The van der Waals surface area contributed by atoms with Crippen molar-refractivity contribution in [2.24, 2.45) is 5.73 Å². The molecule has 1 rings (SSSR count). The molecule has 3 N–H and O–H groups in total. The highest BCUT2D eigenvalue weighted by atomic mass is 16.5. The smallest absolute Gasteiger partial charge is 0.246 e. The van der Waals surface area contributed by atoms with E-state index in [2.05, 4.69) is 0 Å². The number of carbonyl (C=O) groups excluding carboxylic acids is 1. The third-order valence-corrected chi connectivity index (χ3v) is 2.81. The number of aliphatic hydroxyl groups excluding tert-OH is 1. The zero-order chi connectivity index (χ0) is 13.9. The van der Waals surface area contributed by atoms with Gasteiger partial charge in [-0.05, 0) is 31.0 Å². The number of aryl methyl sites for hydroxylation is 2. The van der Waals surface area contributed by atoms with Crippen molar-refractivity contribution < 1.29 is 14.6 Å². The monoisotopic (exact) mass is 252 g/mol. The number of methoxy groups -OCH3 is 1. The van der Waals surface area contributed by atoms with Crippen LogP contribution in [0.1, 0.15) is 11.1 Å². The van der Waals surface area contributed by atoms with Gasteiger partial charge in [-0.2, -0.15) is 0 Å². The molecule has 0 aromatic heterocycles. The third kappa shape index (κ3) is 2.80. The first kappa shape index (κ1) is 14.5. The summed E-state index contributed by atoms with van der Waals surface area (Å²) in [5.41, 5.74) is 8.17. The second kappa shape index (κ2) is 5.84. The molecule has 1 unspecified atom stereocenters. The predicted octanol–water partition coefficient (Wildman–Crippen LogP) is 0.594. The number of ether oxygens (including phenoxy) is 1. The Morgan fingerprint density at radius 2 is 2.11 bits per heavy atom. The average Bonchev–Trinajstić information content (AvgIpc) is 2.35. The van der Waals surface area contributed by atoms with Crippen LogP contribution in [-0.2, 0) is 4.79 Å². The Labute approximate surface area is 107 Å². The average molecular weight is 252 g/mol. The second-order valence-corrected chi connectivity index (χ2v) is 4.32. The maximum atomic E-state index is 12.0. The van der Waals surface area contributed by atoms with Gasteiger partial charge >= 0.3 is 0 Å². The number of anilines is 1. The largest absolute Gasteiger partial charge is 0.494 e. The second-order valence-electron chi connectivity index (χ2n) is 4.32. The van der Waals surface area contributed by atoms with Crippen LogP contribution in [0.2, 0.25) is 0 Å². The van der Waals surface area contributed by atoms with E-state index in [1.165, 1.54) is 4.90 Å². The number of nitrogens with two attached hydrogens (primary N) is 1. The lowest BCUT2D eigenvalue weighted by Crippen LogP contribution is -2.44. The zero-order valence-corrected chi connectivity index (χ0v) is 11.2. The Kier molecular flexibility index (Phi) is 4.69. The highest BCUT2D eigenvalue weighted by molar-refractivity contribution is 5.98. The minimum absolute atomic E-state index is 0.346. The minimum Gasteiger partial charge on any atom is -0.494 e. The molecule has 0 fully saturated rings. The first-order chi connectivity index (χ1) is 8.42. The Bertz CT molecular complexity index is 446. The molecule has 1 aromatic carbocycles. The highest BCUT2D eigenvalue weighted by Crippen LogP contribution is 2.32. The van der Waals surface area contributed by atoms with Gasteiger partial charge in [0.25, 0.3) is 0 Å². The molecule has 100 valence electrons. The van der Waals surface area contributed by atoms with Gasteiger partial charge in [0.2, 0.25) is 5.91 Å². The molecule has 0 spiro atoms. The maximum absolute atomic E-state index is 12.0. The van der Waals surface area contributed by atoms with E-state index in [1.54, 1.807) is 14.2 Å². The summed E-state index contributed by atoms with van der Waals surface area (Å²) in [5, 5.41) is 8.93. The normalized spacial score (nSPS) is 12.1. The van der Waals surface area contributed by atoms with Crippen LogP contribution in [0.5, 0.6) is 5.75 Å². The molecule has 0 saturated carbocycles. The topological polar surface area (TPSA) is 75.8 Å².